The van der Waals surface area contributed by atoms with Gasteiger partial charge < -0.3 is 20.4 Å². The molecular weight excluding hydrogens is 444 g/mol. The second-order valence-electron chi connectivity index (χ2n) is 12.3. The molecule has 4 aliphatic rings. The summed E-state index contributed by atoms with van der Waals surface area (Å²) in [6.45, 7) is 11.1. The standard InChI is InChI=1S/C29H48O4S/c1-6-29(33,7-2)12-8-14-34-18(3)26-24(31)17-23-21-10-9-19-15-20(30)16-25(32)28(19,5)22(21)11-13-27(23,26)4/h9-10,18,20,22-26,30-33H,6-8,11-17H2,1-5H3/t18?,20?,22-,23-,24?,25?,26-,27-,28-/m0/s1. The van der Waals surface area contributed by atoms with Gasteiger partial charge in [0.25, 0.3) is 0 Å². The number of aliphatic hydroxyl groups is 4. The molecule has 4 unspecified atom stereocenters. The lowest BCUT2D eigenvalue weighted by Gasteiger charge is -2.56. The molecular formula is C29H48O4S. The van der Waals surface area contributed by atoms with Gasteiger partial charge in [-0.3, -0.25) is 0 Å². The van der Waals surface area contributed by atoms with Crippen LogP contribution in [0, 0.1) is 28.6 Å². The van der Waals surface area contributed by atoms with Crippen molar-refractivity contribution in [2.24, 2.45) is 28.6 Å². The van der Waals surface area contributed by atoms with Gasteiger partial charge in [-0.05, 0) is 74.4 Å². The molecule has 4 nitrogen and oxygen atoms in total. The van der Waals surface area contributed by atoms with E-state index >= 15 is 0 Å². The Labute approximate surface area is 211 Å². The van der Waals surface area contributed by atoms with E-state index in [4.69, 9.17) is 0 Å². The van der Waals surface area contributed by atoms with Crippen LogP contribution < -0.4 is 0 Å². The second-order valence-corrected chi connectivity index (χ2v) is 13.8. The summed E-state index contributed by atoms with van der Waals surface area (Å²) in [5.41, 5.74) is 1.90. The van der Waals surface area contributed by atoms with Gasteiger partial charge in [0.1, 0.15) is 0 Å². The average molecular weight is 493 g/mol. The van der Waals surface area contributed by atoms with Crippen molar-refractivity contribution >= 4 is 11.8 Å². The van der Waals surface area contributed by atoms with Gasteiger partial charge in [-0.15, -0.1) is 0 Å². The van der Waals surface area contributed by atoms with Crippen molar-refractivity contribution < 1.29 is 20.4 Å². The molecule has 5 heteroatoms. The lowest BCUT2D eigenvalue weighted by atomic mass is 9.49. The van der Waals surface area contributed by atoms with E-state index in [2.05, 4.69) is 46.8 Å². The summed E-state index contributed by atoms with van der Waals surface area (Å²) in [4.78, 5) is 0. The smallest absolute Gasteiger partial charge is 0.0661 e. The molecule has 0 aromatic rings. The van der Waals surface area contributed by atoms with Gasteiger partial charge in [0.05, 0.1) is 23.9 Å². The molecule has 0 spiro atoms. The van der Waals surface area contributed by atoms with Gasteiger partial charge in [0.15, 0.2) is 0 Å². The Hall–Kier alpha value is -0.330. The van der Waals surface area contributed by atoms with Crippen LogP contribution in [0.1, 0.15) is 92.4 Å². The molecule has 3 saturated carbocycles. The number of rotatable bonds is 8. The molecule has 3 fully saturated rings. The fourth-order valence-corrected chi connectivity index (χ4v) is 9.71. The van der Waals surface area contributed by atoms with Crippen LogP contribution >= 0.6 is 11.8 Å². The summed E-state index contributed by atoms with van der Waals surface area (Å²) < 4.78 is 0. The maximum atomic E-state index is 11.3. The van der Waals surface area contributed by atoms with Crippen molar-refractivity contribution in [2.75, 3.05) is 5.75 Å². The molecule has 0 amide bonds. The Kier molecular flexibility index (Phi) is 7.74. The summed E-state index contributed by atoms with van der Waals surface area (Å²) in [6, 6.07) is 0. The number of hydrogen-bond donors (Lipinski definition) is 4. The van der Waals surface area contributed by atoms with Crippen LogP contribution in [0.3, 0.4) is 0 Å². The molecule has 0 aromatic carbocycles. The Bertz CT molecular complexity index is 804. The van der Waals surface area contributed by atoms with E-state index in [-0.39, 0.29) is 22.9 Å². The quantitative estimate of drug-likeness (QED) is 0.348. The Morgan fingerprint density at radius 3 is 2.47 bits per heavy atom. The first-order valence-electron chi connectivity index (χ1n) is 13.8. The third kappa shape index (κ3) is 4.36. The number of aliphatic hydroxyl groups excluding tert-OH is 3. The molecule has 9 atom stereocenters. The van der Waals surface area contributed by atoms with E-state index in [1.165, 1.54) is 11.1 Å². The molecule has 4 N–H and O–H groups in total. The molecule has 0 radical (unpaired) electrons. The van der Waals surface area contributed by atoms with E-state index in [0.29, 0.717) is 29.9 Å². The van der Waals surface area contributed by atoms with Crippen LogP contribution in [0.25, 0.3) is 0 Å². The van der Waals surface area contributed by atoms with E-state index in [9.17, 15) is 20.4 Å². The SMILES string of the molecule is CCC(O)(CC)CCCSC(C)[C@H]1C(O)C[C@H]2C3=CC=C4CC(O)CC(O)[C@]4(C)[C@H]3CC[C@]12C. The summed E-state index contributed by atoms with van der Waals surface area (Å²) in [5.74, 6) is 1.95. The fraction of sp³-hybridized carbons (Fsp3) is 0.862. The highest BCUT2D eigenvalue weighted by Gasteiger charge is 2.61. The zero-order valence-electron chi connectivity index (χ0n) is 22.0. The van der Waals surface area contributed by atoms with Crippen molar-refractivity contribution in [3.8, 4) is 0 Å². The molecule has 0 saturated heterocycles. The molecule has 0 aromatic heterocycles. The normalized spacial score (nSPS) is 42.9. The molecule has 4 aliphatic carbocycles. The van der Waals surface area contributed by atoms with E-state index in [0.717, 1.165) is 50.7 Å². The lowest BCUT2D eigenvalue weighted by molar-refractivity contribution is -0.0534. The van der Waals surface area contributed by atoms with E-state index < -0.39 is 17.8 Å². The summed E-state index contributed by atoms with van der Waals surface area (Å²) in [6.07, 6.45) is 10.8. The highest BCUT2D eigenvalue weighted by molar-refractivity contribution is 7.99. The fourth-order valence-electron chi connectivity index (χ4n) is 8.33. The van der Waals surface area contributed by atoms with Crippen molar-refractivity contribution in [1.82, 2.24) is 0 Å². The van der Waals surface area contributed by atoms with Gasteiger partial charge in [-0.25, -0.2) is 0 Å². The highest BCUT2D eigenvalue weighted by Crippen LogP contribution is 2.66. The van der Waals surface area contributed by atoms with Crippen LogP contribution in [-0.4, -0.2) is 55.3 Å². The first-order chi connectivity index (χ1) is 16.0. The van der Waals surface area contributed by atoms with Gasteiger partial charge in [0, 0.05) is 23.0 Å². The third-order valence-electron chi connectivity index (χ3n) is 10.8. The topological polar surface area (TPSA) is 80.9 Å². The van der Waals surface area contributed by atoms with Crippen molar-refractivity contribution in [3.05, 3.63) is 23.3 Å². The van der Waals surface area contributed by atoms with E-state index in [1.54, 1.807) is 0 Å². The van der Waals surface area contributed by atoms with Gasteiger partial charge >= 0.3 is 0 Å². The Balaban J connectivity index is 1.48. The predicted molar refractivity (Wildman–Crippen MR) is 141 cm³/mol. The summed E-state index contributed by atoms with van der Waals surface area (Å²) in [5, 5.41) is 43.6. The molecule has 194 valence electrons. The van der Waals surface area contributed by atoms with E-state index in [1.807, 2.05) is 11.8 Å². The number of hydrogen-bond acceptors (Lipinski definition) is 5. The Morgan fingerprint density at radius 2 is 1.79 bits per heavy atom. The van der Waals surface area contributed by atoms with Gasteiger partial charge in [0.2, 0.25) is 0 Å². The van der Waals surface area contributed by atoms with Crippen LogP contribution in [0.5, 0.6) is 0 Å². The molecule has 4 rings (SSSR count). The predicted octanol–water partition coefficient (Wildman–Crippen LogP) is 5.24. The minimum Gasteiger partial charge on any atom is -0.393 e. The highest BCUT2D eigenvalue weighted by atomic mass is 32.2. The molecule has 34 heavy (non-hydrogen) atoms. The minimum atomic E-state index is -0.526. The van der Waals surface area contributed by atoms with Gasteiger partial charge in [-0.2, -0.15) is 11.8 Å². The maximum absolute atomic E-state index is 11.3. The number of thioether (sulfide) groups is 1. The van der Waals surface area contributed by atoms with Crippen LogP contribution in [-0.2, 0) is 0 Å². The van der Waals surface area contributed by atoms with Gasteiger partial charge in [-0.1, -0.05) is 57.9 Å². The van der Waals surface area contributed by atoms with Crippen molar-refractivity contribution in [1.29, 1.82) is 0 Å². The number of fused-ring (bicyclic) bond motifs is 5. The van der Waals surface area contributed by atoms with Crippen molar-refractivity contribution in [3.63, 3.8) is 0 Å². The maximum Gasteiger partial charge on any atom is 0.0661 e. The van der Waals surface area contributed by atoms with Crippen LogP contribution in [0.2, 0.25) is 0 Å². The Morgan fingerprint density at radius 1 is 1.09 bits per heavy atom. The first kappa shape index (κ1) is 26.7. The third-order valence-corrected chi connectivity index (χ3v) is 12.1. The van der Waals surface area contributed by atoms with Crippen molar-refractivity contribution in [2.45, 2.75) is 122 Å². The van der Waals surface area contributed by atoms with Crippen LogP contribution in [0.4, 0.5) is 0 Å². The number of allylic oxidation sites excluding steroid dienone is 3. The average Bonchev–Trinajstić information content (AvgIpc) is 3.07. The minimum absolute atomic E-state index is 0.0720. The molecule has 0 heterocycles. The zero-order chi connectivity index (χ0) is 24.9. The monoisotopic (exact) mass is 492 g/mol. The zero-order valence-corrected chi connectivity index (χ0v) is 22.8. The molecule has 0 aliphatic heterocycles. The first-order valence-corrected chi connectivity index (χ1v) is 14.8. The summed E-state index contributed by atoms with van der Waals surface area (Å²) in [7, 11) is 0. The van der Waals surface area contributed by atoms with Crippen LogP contribution in [0.15, 0.2) is 23.3 Å². The summed E-state index contributed by atoms with van der Waals surface area (Å²) >= 11 is 1.97. The largest absolute Gasteiger partial charge is 0.393 e. The molecule has 0 bridgehead atoms. The lowest BCUT2D eigenvalue weighted by Crippen LogP contribution is -2.52. The second kappa shape index (κ2) is 9.85.